The van der Waals surface area contributed by atoms with Crippen molar-refractivity contribution in [3.63, 3.8) is 0 Å². The lowest BCUT2D eigenvalue weighted by molar-refractivity contribution is 0.260. The Balaban J connectivity index is 1.90. The van der Waals surface area contributed by atoms with E-state index in [1.54, 1.807) is 0 Å². The maximum Gasteiger partial charge on any atom is 0.158 e. The molecule has 0 bridgehead atoms. The first-order chi connectivity index (χ1) is 10.0. The molecule has 0 aliphatic carbocycles. The minimum Gasteiger partial charge on any atom is -0.312 e. The molecule has 0 radical (unpaired) electrons. The molecule has 3 heterocycles. The normalized spacial score (nSPS) is 20.2. The van der Waals surface area contributed by atoms with Crippen LogP contribution in [-0.2, 0) is 19.5 Å². The summed E-state index contributed by atoms with van der Waals surface area (Å²) in [5.41, 5.74) is 3.07. The maximum atomic E-state index is 6.11. The Morgan fingerprint density at radius 1 is 1.38 bits per heavy atom. The molecule has 3 rings (SSSR count). The molecule has 1 fully saturated rings. The Morgan fingerprint density at radius 3 is 2.76 bits per heavy atom. The van der Waals surface area contributed by atoms with E-state index in [1.807, 2.05) is 18.7 Å². The number of nitrogens with zero attached hydrogens (tertiary/aromatic N) is 5. The Morgan fingerprint density at radius 2 is 2.14 bits per heavy atom. The molecule has 21 heavy (non-hydrogen) atoms. The molecule has 2 aromatic heterocycles. The van der Waals surface area contributed by atoms with Crippen LogP contribution in [0.3, 0.4) is 0 Å². The van der Waals surface area contributed by atoms with Gasteiger partial charge in [0.15, 0.2) is 5.65 Å². The summed E-state index contributed by atoms with van der Waals surface area (Å²) in [4.78, 5) is 7.23. The molecule has 5 nitrogen and oxygen atoms in total. The van der Waals surface area contributed by atoms with Crippen molar-refractivity contribution in [3.8, 4) is 0 Å². The zero-order valence-corrected chi connectivity index (χ0v) is 14.1. The molecule has 116 valence electrons. The zero-order valence-electron chi connectivity index (χ0n) is 13.3. The van der Waals surface area contributed by atoms with E-state index < -0.39 is 0 Å². The number of imidazole rings is 1. The summed E-state index contributed by atoms with van der Waals surface area (Å²) < 4.78 is 4.21. The second-order valence-corrected chi connectivity index (χ2v) is 6.66. The number of halogens is 1. The Labute approximate surface area is 130 Å². The minimum atomic E-state index is 0.453. The number of hydrogen-bond donors (Lipinski definition) is 0. The van der Waals surface area contributed by atoms with Gasteiger partial charge < -0.3 is 9.47 Å². The first-order valence-corrected chi connectivity index (χ1v) is 8.23. The molecule has 1 aliphatic rings. The van der Waals surface area contributed by atoms with E-state index in [4.69, 9.17) is 11.6 Å². The van der Waals surface area contributed by atoms with Crippen LogP contribution in [0.2, 0.25) is 0 Å². The van der Waals surface area contributed by atoms with E-state index in [2.05, 4.69) is 33.4 Å². The summed E-state index contributed by atoms with van der Waals surface area (Å²) in [6.45, 7) is 9.89. The van der Waals surface area contributed by atoms with E-state index in [1.165, 1.54) is 13.0 Å². The van der Waals surface area contributed by atoms with Crippen LogP contribution in [0, 0.1) is 12.8 Å². The fraction of sp³-hybridized carbons (Fsp3) is 0.733. The highest BCUT2D eigenvalue weighted by Gasteiger charge is 2.26. The van der Waals surface area contributed by atoms with Gasteiger partial charge in [0, 0.05) is 26.2 Å². The number of likely N-dealkylation sites (tertiary alicyclic amines) is 1. The molecule has 0 aromatic carbocycles. The van der Waals surface area contributed by atoms with Gasteiger partial charge in [-0.05, 0) is 39.7 Å². The lowest BCUT2D eigenvalue weighted by atomic mass is 10.1. The first kappa shape index (κ1) is 14.9. The van der Waals surface area contributed by atoms with Crippen molar-refractivity contribution >= 4 is 22.8 Å². The lowest BCUT2D eigenvalue weighted by Gasteiger charge is -2.20. The molecule has 0 amide bonds. The monoisotopic (exact) mass is 309 g/mol. The van der Waals surface area contributed by atoms with E-state index in [9.17, 15) is 0 Å². The minimum absolute atomic E-state index is 0.453. The van der Waals surface area contributed by atoms with Crippen LogP contribution in [0.4, 0.5) is 0 Å². The second-order valence-electron chi connectivity index (χ2n) is 6.40. The van der Waals surface area contributed by atoms with Crippen molar-refractivity contribution < 1.29 is 0 Å². The quantitative estimate of drug-likeness (QED) is 0.815. The number of rotatable bonds is 4. The average molecular weight is 310 g/mol. The van der Waals surface area contributed by atoms with Crippen molar-refractivity contribution in [1.82, 2.24) is 24.2 Å². The van der Waals surface area contributed by atoms with Gasteiger partial charge in [-0.3, -0.25) is 4.68 Å². The summed E-state index contributed by atoms with van der Waals surface area (Å²) >= 11 is 6.11. The number of aryl methyl sites for hydroxylation is 2. The number of hydrogen-bond acceptors (Lipinski definition) is 3. The zero-order chi connectivity index (χ0) is 15.1. The highest BCUT2D eigenvalue weighted by molar-refractivity contribution is 6.16. The van der Waals surface area contributed by atoms with Crippen LogP contribution < -0.4 is 0 Å². The lowest BCUT2D eigenvalue weighted by Crippen LogP contribution is -2.29. The summed E-state index contributed by atoms with van der Waals surface area (Å²) in [6, 6.07) is 0.629. The second kappa shape index (κ2) is 5.61. The van der Waals surface area contributed by atoms with Gasteiger partial charge in [-0.1, -0.05) is 0 Å². The van der Waals surface area contributed by atoms with E-state index in [0.717, 1.165) is 35.8 Å². The van der Waals surface area contributed by atoms with Gasteiger partial charge >= 0.3 is 0 Å². The fourth-order valence-electron chi connectivity index (χ4n) is 3.41. The Kier molecular flexibility index (Phi) is 3.97. The molecule has 1 saturated heterocycles. The third-order valence-electron chi connectivity index (χ3n) is 4.58. The van der Waals surface area contributed by atoms with Crippen molar-refractivity contribution in [2.75, 3.05) is 13.1 Å². The SMILES string of the molecule is Cc1nn(C)c2c1nc(CCl)n2CC1CCN(C(C)C)C1. The molecule has 0 N–H and O–H groups in total. The van der Waals surface area contributed by atoms with Crippen molar-refractivity contribution in [2.24, 2.45) is 13.0 Å². The fourth-order valence-corrected chi connectivity index (χ4v) is 3.62. The molecule has 6 heteroatoms. The topological polar surface area (TPSA) is 38.9 Å². The summed E-state index contributed by atoms with van der Waals surface area (Å²) in [6.07, 6.45) is 1.25. The Bertz CT molecular complexity index is 642. The van der Waals surface area contributed by atoms with Gasteiger partial charge in [0.25, 0.3) is 0 Å². The van der Waals surface area contributed by atoms with Gasteiger partial charge in [0.2, 0.25) is 0 Å². The maximum absolute atomic E-state index is 6.11. The summed E-state index contributed by atoms with van der Waals surface area (Å²) in [5, 5.41) is 4.48. The molecular formula is C15H24ClN5. The number of fused-ring (bicyclic) bond motifs is 1. The molecule has 0 spiro atoms. The smallest absolute Gasteiger partial charge is 0.158 e. The van der Waals surface area contributed by atoms with Crippen LogP contribution in [0.15, 0.2) is 0 Å². The van der Waals surface area contributed by atoms with Crippen LogP contribution in [0.5, 0.6) is 0 Å². The predicted molar refractivity (Wildman–Crippen MR) is 85.6 cm³/mol. The highest BCUT2D eigenvalue weighted by Crippen LogP contribution is 2.25. The van der Waals surface area contributed by atoms with E-state index >= 15 is 0 Å². The summed E-state index contributed by atoms with van der Waals surface area (Å²) in [7, 11) is 1.99. The van der Waals surface area contributed by atoms with Crippen molar-refractivity contribution in [3.05, 3.63) is 11.5 Å². The molecular weight excluding hydrogens is 286 g/mol. The largest absolute Gasteiger partial charge is 0.312 e. The van der Waals surface area contributed by atoms with Crippen LogP contribution in [-0.4, -0.2) is 43.4 Å². The van der Waals surface area contributed by atoms with E-state index in [0.29, 0.717) is 17.8 Å². The molecule has 2 aromatic rings. The highest BCUT2D eigenvalue weighted by atomic mass is 35.5. The summed E-state index contributed by atoms with van der Waals surface area (Å²) in [5.74, 6) is 2.09. The molecule has 0 saturated carbocycles. The van der Waals surface area contributed by atoms with E-state index in [-0.39, 0.29) is 0 Å². The molecule has 1 aliphatic heterocycles. The van der Waals surface area contributed by atoms with Crippen LogP contribution >= 0.6 is 11.6 Å². The Hall–Kier alpha value is -1.07. The van der Waals surface area contributed by atoms with Gasteiger partial charge in [0.1, 0.15) is 11.3 Å². The molecule has 1 unspecified atom stereocenters. The van der Waals surface area contributed by atoms with Gasteiger partial charge in [0.05, 0.1) is 11.6 Å². The van der Waals surface area contributed by atoms with Crippen molar-refractivity contribution in [2.45, 2.75) is 45.7 Å². The van der Waals surface area contributed by atoms with Gasteiger partial charge in [-0.15, -0.1) is 11.6 Å². The van der Waals surface area contributed by atoms with Gasteiger partial charge in [-0.25, -0.2) is 4.98 Å². The van der Waals surface area contributed by atoms with Crippen LogP contribution in [0.1, 0.15) is 31.8 Å². The molecule has 1 atom stereocenters. The number of aromatic nitrogens is 4. The van der Waals surface area contributed by atoms with Crippen molar-refractivity contribution in [1.29, 1.82) is 0 Å². The van der Waals surface area contributed by atoms with Gasteiger partial charge in [-0.2, -0.15) is 5.10 Å². The number of alkyl halides is 1. The van der Waals surface area contributed by atoms with Crippen LogP contribution in [0.25, 0.3) is 11.2 Å². The predicted octanol–water partition coefficient (Wildman–Crippen LogP) is 2.55. The standard InChI is InChI=1S/C15H24ClN5/c1-10(2)20-6-5-12(8-20)9-21-13(7-16)17-14-11(3)18-19(4)15(14)21/h10,12H,5-9H2,1-4H3. The average Bonchev–Trinajstić information content (AvgIpc) is 3.09. The first-order valence-electron chi connectivity index (χ1n) is 7.70. The third kappa shape index (κ3) is 2.57. The third-order valence-corrected chi connectivity index (χ3v) is 4.82.